The zero-order chi connectivity index (χ0) is 19.0. The summed E-state index contributed by atoms with van der Waals surface area (Å²) in [5, 5.41) is 1.55. The third kappa shape index (κ3) is 3.41. The number of aryl methyl sites for hydroxylation is 2. The van der Waals surface area contributed by atoms with E-state index in [1.807, 2.05) is 62.4 Å². The number of halogens is 2. The van der Waals surface area contributed by atoms with Crippen molar-refractivity contribution >= 4 is 35.0 Å². The van der Waals surface area contributed by atoms with Gasteiger partial charge in [-0.25, -0.2) is 4.98 Å². The monoisotopic (exact) mass is 411 g/mol. The van der Waals surface area contributed by atoms with E-state index >= 15 is 0 Å². The fourth-order valence-electron chi connectivity index (χ4n) is 3.44. The van der Waals surface area contributed by atoms with Crippen molar-refractivity contribution in [2.75, 3.05) is 0 Å². The van der Waals surface area contributed by atoms with Crippen molar-refractivity contribution in [3.8, 4) is 22.3 Å². The normalized spacial score (nSPS) is 10.7. The maximum absolute atomic E-state index is 13.5. The van der Waals surface area contributed by atoms with Crippen LogP contribution in [0.2, 0.25) is 5.02 Å². The predicted octanol–water partition coefficient (Wildman–Crippen LogP) is 5.53. The number of hydrogen-bond donors (Lipinski definition) is 0. The van der Waals surface area contributed by atoms with E-state index in [-0.39, 0.29) is 18.0 Å². The van der Waals surface area contributed by atoms with Gasteiger partial charge in [-0.15, -0.1) is 12.4 Å². The van der Waals surface area contributed by atoms with Crippen LogP contribution in [0.1, 0.15) is 12.6 Å². The van der Waals surface area contributed by atoms with Crippen LogP contribution < -0.4 is 5.56 Å². The zero-order valence-electron chi connectivity index (χ0n) is 15.5. The summed E-state index contributed by atoms with van der Waals surface area (Å²) in [6, 6.07) is 15.3. The second-order valence-electron chi connectivity index (χ2n) is 6.37. The van der Waals surface area contributed by atoms with Crippen molar-refractivity contribution in [2.24, 2.45) is 0 Å². The van der Waals surface area contributed by atoms with E-state index in [1.165, 1.54) is 0 Å². The van der Waals surface area contributed by atoms with Gasteiger partial charge in [-0.05, 0) is 61.4 Å². The van der Waals surface area contributed by atoms with Crippen LogP contribution in [0, 0.1) is 6.92 Å². The first-order chi connectivity index (χ1) is 13.1. The minimum atomic E-state index is -0.0655. The summed E-state index contributed by atoms with van der Waals surface area (Å²) >= 11 is 6.26. The first kappa shape index (κ1) is 20.1. The van der Waals surface area contributed by atoms with Crippen LogP contribution in [0.15, 0.2) is 65.7 Å². The molecule has 0 bridgehead atoms. The molecule has 0 amide bonds. The fraction of sp³-hybridized carbons (Fsp3) is 0.136. The number of rotatable bonds is 3. The molecular formula is C22H19Cl2N3O. The molecule has 0 radical (unpaired) electrons. The van der Waals surface area contributed by atoms with Crippen molar-refractivity contribution in [3.05, 3.63) is 82.0 Å². The van der Waals surface area contributed by atoms with Crippen molar-refractivity contribution in [2.45, 2.75) is 20.4 Å². The Morgan fingerprint density at radius 3 is 2.43 bits per heavy atom. The zero-order valence-corrected chi connectivity index (χ0v) is 17.1. The standard InChI is InChI=1S/C22H18ClN3O.ClH/c1-3-26-21-18(8-7-14(2)25-21)19(16-5-4-6-17(23)13-16)20(22(26)27)15-9-11-24-12-10-15;/h4-13H,3H2,1-2H3;1H. The molecule has 0 aliphatic heterocycles. The predicted molar refractivity (Wildman–Crippen MR) is 117 cm³/mol. The largest absolute Gasteiger partial charge is 0.292 e. The van der Waals surface area contributed by atoms with Gasteiger partial charge in [0.1, 0.15) is 5.65 Å². The number of pyridine rings is 3. The molecule has 0 saturated carbocycles. The summed E-state index contributed by atoms with van der Waals surface area (Å²) < 4.78 is 1.73. The molecule has 3 aromatic heterocycles. The summed E-state index contributed by atoms with van der Waals surface area (Å²) in [5.41, 5.74) is 4.71. The number of fused-ring (bicyclic) bond motifs is 1. The van der Waals surface area contributed by atoms with E-state index in [0.717, 1.165) is 27.8 Å². The van der Waals surface area contributed by atoms with Crippen LogP contribution in [-0.4, -0.2) is 14.5 Å². The van der Waals surface area contributed by atoms with Crippen LogP contribution in [0.25, 0.3) is 33.3 Å². The summed E-state index contributed by atoms with van der Waals surface area (Å²) in [6.45, 7) is 4.43. The van der Waals surface area contributed by atoms with Crippen LogP contribution in [0.5, 0.6) is 0 Å². The van der Waals surface area contributed by atoms with E-state index < -0.39 is 0 Å². The molecule has 4 nitrogen and oxygen atoms in total. The minimum absolute atomic E-state index is 0. The molecule has 4 rings (SSSR count). The Bertz CT molecular complexity index is 1200. The molecule has 0 unspecified atom stereocenters. The minimum Gasteiger partial charge on any atom is -0.292 e. The third-order valence-electron chi connectivity index (χ3n) is 4.65. The SMILES string of the molecule is CCn1c(=O)c(-c2ccncc2)c(-c2cccc(Cl)c2)c2ccc(C)nc21.Cl. The van der Waals surface area contributed by atoms with Gasteiger partial charge < -0.3 is 0 Å². The third-order valence-corrected chi connectivity index (χ3v) is 4.88. The van der Waals surface area contributed by atoms with Gasteiger partial charge in [0.15, 0.2) is 0 Å². The topological polar surface area (TPSA) is 47.8 Å². The highest BCUT2D eigenvalue weighted by Crippen LogP contribution is 2.36. The van der Waals surface area contributed by atoms with Crippen LogP contribution in [-0.2, 0) is 6.54 Å². The molecule has 0 spiro atoms. The van der Waals surface area contributed by atoms with E-state index in [2.05, 4.69) is 9.97 Å². The van der Waals surface area contributed by atoms with Crippen molar-refractivity contribution < 1.29 is 0 Å². The van der Waals surface area contributed by atoms with Gasteiger partial charge in [0.05, 0.1) is 5.56 Å². The average Bonchev–Trinajstić information content (AvgIpc) is 2.67. The Morgan fingerprint density at radius 1 is 1.00 bits per heavy atom. The van der Waals surface area contributed by atoms with Gasteiger partial charge in [0, 0.05) is 40.6 Å². The van der Waals surface area contributed by atoms with Gasteiger partial charge in [-0.2, -0.15) is 0 Å². The highest BCUT2D eigenvalue weighted by atomic mass is 35.5. The first-order valence-corrected chi connectivity index (χ1v) is 9.18. The lowest BCUT2D eigenvalue weighted by Crippen LogP contribution is -2.23. The number of benzene rings is 1. The highest BCUT2D eigenvalue weighted by molar-refractivity contribution is 6.31. The summed E-state index contributed by atoms with van der Waals surface area (Å²) in [6.07, 6.45) is 3.40. The van der Waals surface area contributed by atoms with Gasteiger partial charge in [-0.1, -0.05) is 23.7 Å². The van der Waals surface area contributed by atoms with Crippen LogP contribution in [0.4, 0.5) is 0 Å². The lowest BCUT2D eigenvalue weighted by molar-refractivity contribution is 0.750. The van der Waals surface area contributed by atoms with E-state index in [4.69, 9.17) is 11.6 Å². The first-order valence-electron chi connectivity index (χ1n) is 8.80. The molecule has 4 aromatic rings. The lowest BCUT2D eigenvalue weighted by atomic mass is 9.93. The van der Waals surface area contributed by atoms with Gasteiger partial charge >= 0.3 is 0 Å². The number of nitrogens with zero attached hydrogens (tertiary/aromatic N) is 3. The molecule has 0 aliphatic carbocycles. The number of aromatic nitrogens is 3. The van der Waals surface area contributed by atoms with Crippen molar-refractivity contribution in [1.29, 1.82) is 0 Å². The Labute approximate surface area is 174 Å². The summed E-state index contributed by atoms with van der Waals surface area (Å²) in [5.74, 6) is 0. The average molecular weight is 412 g/mol. The van der Waals surface area contributed by atoms with E-state index in [1.54, 1.807) is 17.0 Å². The molecule has 0 saturated heterocycles. The van der Waals surface area contributed by atoms with Gasteiger partial charge in [0.2, 0.25) is 0 Å². The lowest BCUT2D eigenvalue weighted by Gasteiger charge is -2.17. The molecular weight excluding hydrogens is 393 g/mol. The van der Waals surface area contributed by atoms with Crippen LogP contribution in [0.3, 0.4) is 0 Å². The molecule has 0 N–H and O–H groups in total. The Hall–Kier alpha value is -2.69. The second kappa shape index (κ2) is 8.13. The molecule has 0 atom stereocenters. The van der Waals surface area contributed by atoms with E-state index in [9.17, 15) is 4.79 Å². The number of hydrogen-bond acceptors (Lipinski definition) is 3. The molecule has 0 fully saturated rings. The summed E-state index contributed by atoms with van der Waals surface area (Å²) in [7, 11) is 0. The summed E-state index contributed by atoms with van der Waals surface area (Å²) in [4.78, 5) is 22.2. The second-order valence-corrected chi connectivity index (χ2v) is 6.81. The molecule has 6 heteroatoms. The molecule has 0 aliphatic rings. The molecule has 1 aromatic carbocycles. The van der Waals surface area contributed by atoms with Gasteiger partial charge in [-0.3, -0.25) is 14.3 Å². The maximum atomic E-state index is 13.5. The highest BCUT2D eigenvalue weighted by Gasteiger charge is 2.20. The quantitative estimate of drug-likeness (QED) is 0.445. The van der Waals surface area contributed by atoms with E-state index in [0.29, 0.717) is 22.8 Å². The molecule has 142 valence electrons. The maximum Gasteiger partial charge on any atom is 0.260 e. The fourth-order valence-corrected chi connectivity index (χ4v) is 3.63. The molecule has 28 heavy (non-hydrogen) atoms. The van der Waals surface area contributed by atoms with Gasteiger partial charge in [0.25, 0.3) is 5.56 Å². The van der Waals surface area contributed by atoms with Crippen molar-refractivity contribution in [1.82, 2.24) is 14.5 Å². The van der Waals surface area contributed by atoms with Crippen molar-refractivity contribution in [3.63, 3.8) is 0 Å². The van der Waals surface area contributed by atoms with Crippen LogP contribution >= 0.6 is 24.0 Å². The molecule has 3 heterocycles. The smallest absolute Gasteiger partial charge is 0.260 e. The Balaban J connectivity index is 0.00000225. The Kier molecular flexibility index (Phi) is 5.82. The Morgan fingerprint density at radius 2 is 1.75 bits per heavy atom.